The molecule has 16 heteroatoms. The van der Waals surface area contributed by atoms with Gasteiger partial charge in [0.05, 0.1) is 42.8 Å². The number of hydrogen-bond acceptors (Lipinski definition) is 8. The van der Waals surface area contributed by atoms with Gasteiger partial charge in [0, 0.05) is 41.7 Å². The van der Waals surface area contributed by atoms with Crippen LogP contribution in [0.1, 0.15) is 50.5 Å². The Balaban J connectivity index is 1.75. The van der Waals surface area contributed by atoms with E-state index in [0.29, 0.717) is 27.9 Å². The Labute approximate surface area is 271 Å². The van der Waals surface area contributed by atoms with Gasteiger partial charge >= 0.3 is 5.97 Å². The SMILES string of the molecule is [B]C1([B])c2cn(C)nc2-c2ccc(F)cc2[C@@H](C)Oc2cc(cnc2NCOC(=O)C(N)C(C)C)-c2c1c(Cl)nn2C([B])([B])C. The van der Waals surface area contributed by atoms with Crippen LogP contribution in [0.25, 0.3) is 22.5 Å². The maximum atomic E-state index is 14.7. The maximum absolute atomic E-state index is 14.7. The standard InChI is InChI=1S/C29H29B4ClFN7O3/c1-13(2)22(36)27(43)44-12-38-26-20-8-15(10-37-26)24-21(25(34)40-42(24)28(4,30)31)29(32,33)19-11-41(5)39-23(19)17-7-6-16(35)9-18(17)14(3)45-20/h6-11,13-14,22H,12,36H2,1-5H3,(H,37,38)/t14-,22?/m1/s1. The van der Waals surface area contributed by atoms with Crippen molar-refractivity contribution in [3.8, 4) is 28.3 Å². The van der Waals surface area contributed by atoms with Crippen molar-refractivity contribution in [2.75, 3.05) is 12.0 Å². The van der Waals surface area contributed by atoms with Crippen molar-refractivity contribution in [1.82, 2.24) is 24.5 Å². The first-order valence-electron chi connectivity index (χ1n) is 14.1. The van der Waals surface area contributed by atoms with Gasteiger partial charge in [0.25, 0.3) is 0 Å². The van der Waals surface area contributed by atoms with Gasteiger partial charge < -0.3 is 20.5 Å². The van der Waals surface area contributed by atoms with Gasteiger partial charge in [-0.1, -0.05) is 32.4 Å². The molecule has 4 aromatic rings. The first-order valence-corrected chi connectivity index (χ1v) is 14.5. The van der Waals surface area contributed by atoms with Crippen molar-refractivity contribution >= 4 is 54.8 Å². The maximum Gasteiger partial charge on any atom is 0.324 e. The zero-order valence-corrected chi connectivity index (χ0v) is 26.3. The van der Waals surface area contributed by atoms with Gasteiger partial charge in [0.1, 0.15) is 18.0 Å². The molecule has 2 atom stereocenters. The Morgan fingerprint density at radius 1 is 1.29 bits per heavy atom. The molecule has 2 bridgehead atoms. The minimum atomic E-state index is -1.81. The van der Waals surface area contributed by atoms with Crippen LogP contribution in [0, 0.1) is 11.7 Å². The van der Waals surface area contributed by atoms with E-state index >= 15 is 0 Å². The number of pyridine rings is 1. The van der Waals surface area contributed by atoms with Crippen LogP contribution >= 0.6 is 11.6 Å². The number of aromatic nitrogens is 5. The van der Waals surface area contributed by atoms with Crippen LogP contribution in [0.4, 0.5) is 10.2 Å². The lowest BCUT2D eigenvalue weighted by molar-refractivity contribution is -0.145. The molecule has 0 fully saturated rings. The minimum Gasteiger partial charge on any atom is -0.482 e. The van der Waals surface area contributed by atoms with Crippen molar-refractivity contribution in [2.45, 2.75) is 50.4 Å². The highest BCUT2D eigenvalue weighted by molar-refractivity contribution is 6.45. The lowest BCUT2D eigenvalue weighted by Crippen LogP contribution is -2.37. The normalized spacial score (nSPS) is 16.3. The van der Waals surface area contributed by atoms with E-state index in [9.17, 15) is 9.18 Å². The van der Waals surface area contributed by atoms with Crippen molar-refractivity contribution in [1.29, 1.82) is 0 Å². The fourth-order valence-corrected chi connectivity index (χ4v) is 5.50. The molecule has 1 aromatic carbocycles. The zero-order valence-electron chi connectivity index (χ0n) is 25.5. The van der Waals surface area contributed by atoms with Crippen molar-refractivity contribution in [3.05, 3.63) is 64.3 Å². The summed E-state index contributed by atoms with van der Waals surface area (Å²) in [5, 5.41) is 8.59. The number of ether oxygens (including phenoxy) is 2. The smallest absolute Gasteiger partial charge is 0.324 e. The molecule has 45 heavy (non-hydrogen) atoms. The number of halogens is 2. The summed E-state index contributed by atoms with van der Waals surface area (Å²) >= 11 is 6.75. The second kappa shape index (κ2) is 11.9. The number of benzene rings is 1. The lowest BCUT2D eigenvalue weighted by atomic mass is 9.47. The average Bonchev–Trinajstić information content (AvgIpc) is 3.53. The number of fused-ring (bicyclic) bond motifs is 7. The van der Waals surface area contributed by atoms with Crippen molar-refractivity contribution in [2.24, 2.45) is 18.7 Å². The number of hydrogen-bond donors (Lipinski definition) is 2. The lowest BCUT2D eigenvalue weighted by Gasteiger charge is -2.31. The highest BCUT2D eigenvalue weighted by atomic mass is 35.5. The number of nitrogens with two attached hydrogens (primary N) is 1. The van der Waals surface area contributed by atoms with Crippen LogP contribution in [-0.2, 0) is 27.1 Å². The molecule has 4 heterocycles. The Hall–Kier alpha value is -3.70. The Bertz CT molecular complexity index is 1770. The molecule has 1 aliphatic heterocycles. The predicted molar refractivity (Wildman–Crippen MR) is 173 cm³/mol. The summed E-state index contributed by atoms with van der Waals surface area (Å²) in [6.45, 7) is 6.64. The van der Waals surface area contributed by atoms with Crippen molar-refractivity contribution in [3.63, 3.8) is 0 Å². The summed E-state index contributed by atoms with van der Waals surface area (Å²) in [6, 6.07) is 5.06. The average molecular weight is 621 g/mol. The van der Waals surface area contributed by atoms with Gasteiger partial charge in [-0.15, -0.1) is 0 Å². The van der Waals surface area contributed by atoms with Gasteiger partial charge in [-0.3, -0.25) is 14.2 Å². The van der Waals surface area contributed by atoms with Gasteiger partial charge in [0.15, 0.2) is 23.5 Å². The topological polar surface area (TPSA) is 122 Å². The van der Waals surface area contributed by atoms with E-state index in [2.05, 4.69) is 20.5 Å². The number of nitrogens with one attached hydrogen (secondary N) is 1. The van der Waals surface area contributed by atoms with E-state index < -0.39 is 34.5 Å². The number of anilines is 1. The number of rotatable bonds is 6. The number of esters is 1. The molecule has 0 aliphatic carbocycles. The second-order valence-corrected chi connectivity index (χ2v) is 12.1. The molecule has 3 N–H and O–H groups in total. The fourth-order valence-electron chi connectivity index (χ4n) is 5.18. The Morgan fingerprint density at radius 2 is 2.00 bits per heavy atom. The molecule has 1 unspecified atom stereocenters. The highest BCUT2D eigenvalue weighted by Crippen LogP contribution is 2.46. The predicted octanol–water partition coefficient (Wildman–Crippen LogP) is 2.99. The molecule has 3 aromatic heterocycles. The van der Waals surface area contributed by atoms with Gasteiger partial charge in [-0.2, -0.15) is 10.2 Å². The monoisotopic (exact) mass is 621 g/mol. The van der Waals surface area contributed by atoms with E-state index in [1.54, 1.807) is 37.0 Å². The number of nitrogens with zero attached hydrogens (tertiary/aromatic N) is 5. The zero-order chi connectivity index (χ0) is 33.0. The second-order valence-electron chi connectivity index (χ2n) is 11.7. The van der Waals surface area contributed by atoms with Crippen LogP contribution < -0.4 is 15.8 Å². The van der Waals surface area contributed by atoms with Gasteiger partial charge in [-0.05, 0) is 53.2 Å². The van der Waals surface area contributed by atoms with Crippen LogP contribution in [0.15, 0.2) is 36.7 Å². The fraction of sp³-hybridized carbons (Fsp3) is 0.379. The summed E-state index contributed by atoms with van der Waals surface area (Å²) < 4.78 is 29.3. The van der Waals surface area contributed by atoms with E-state index in [-0.39, 0.29) is 40.6 Å². The van der Waals surface area contributed by atoms with Crippen LogP contribution in [0.3, 0.4) is 0 Å². The third-order valence-electron chi connectivity index (χ3n) is 7.57. The summed E-state index contributed by atoms with van der Waals surface area (Å²) in [5.74, 6) is -0.786. The van der Waals surface area contributed by atoms with Crippen LogP contribution in [0.2, 0.25) is 5.15 Å². The van der Waals surface area contributed by atoms with E-state index in [1.807, 2.05) is 13.8 Å². The number of carbonyl (C=O) groups is 1. The summed E-state index contributed by atoms with van der Waals surface area (Å²) in [4.78, 5) is 16.9. The Morgan fingerprint density at radius 3 is 2.67 bits per heavy atom. The molecule has 8 radical (unpaired) electrons. The molecule has 0 saturated carbocycles. The van der Waals surface area contributed by atoms with Crippen LogP contribution in [-0.4, -0.2) is 74.7 Å². The largest absolute Gasteiger partial charge is 0.482 e. The third kappa shape index (κ3) is 6.12. The van der Waals surface area contributed by atoms with E-state index in [4.69, 9.17) is 58.2 Å². The highest BCUT2D eigenvalue weighted by Gasteiger charge is 2.38. The summed E-state index contributed by atoms with van der Waals surface area (Å²) in [6.07, 6.45) is 2.39. The molecular formula is C29H29B4ClFN7O3. The molecule has 5 rings (SSSR count). The Kier molecular flexibility index (Phi) is 8.65. The van der Waals surface area contributed by atoms with E-state index in [1.165, 1.54) is 29.9 Å². The summed E-state index contributed by atoms with van der Waals surface area (Å²) in [5.41, 5.74) is 8.48. The number of aryl methyl sites for hydroxylation is 1. The molecular weight excluding hydrogens is 592 g/mol. The van der Waals surface area contributed by atoms with Gasteiger partial charge in [0.2, 0.25) is 0 Å². The third-order valence-corrected chi connectivity index (χ3v) is 7.83. The van der Waals surface area contributed by atoms with E-state index in [0.717, 1.165) is 0 Å². The van der Waals surface area contributed by atoms with Gasteiger partial charge in [-0.25, -0.2) is 9.37 Å². The summed E-state index contributed by atoms with van der Waals surface area (Å²) in [7, 11) is 28.3. The van der Waals surface area contributed by atoms with Crippen LogP contribution in [0.5, 0.6) is 5.75 Å². The molecule has 10 nitrogen and oxygen atoms in total. The number of carbonyl (C=O) groups excluding carboxylic acids is 1. The molecule has 0 amide bonds. The molecule has 0 spiro atoms. The quantitative estimate of drug-likeness (QED) is 0.192. The first kappa shape index (κ1) is 32.7. The van der Waals surface area contributed by atoms with Crippen molar-refractivity contribution < 1.29 is 18.7 Å². The first-order chi connectivity index (χ1) is 21.0. The molecule has 224 valence electrons. The molecule has 0 saturated heterocycles. The molecule has 1 aliphatic rings. The minimum absolute atomic E-state index is 0.0604.